The molecule has 122 valence electrons. The van der Waals surface area contributed by atoms with Gasteiger partial charge in [0, 0.05) is 17.7 Å². The summed E-state index contributed by atoms with van der Waals surface area (Å²) in [7, 11) is 2.16. The third-order valence-electron chi connectivity index (χ3n) is 5.21. The van der Waals surface area contributed by atoms with Crippen LogP contribution in [0.2, 0.25) is 0 Å². The van der Waals surface area contributed by atoms with Crippen molar-refractivity contribution in [3.05, 3.63) is 53.2 Å². The van der Waals surface area contributed by atoms with Crippen LogP contribution in [0.5, 0.6) is 0 Å². The zero-order valence-corrected chi connectivity index (χ0v) is 15.1. The number of benzene rings is 1. The van der Waals surface area contributed by atoms with E-state index in [9.17, 15) is 0 Å². The molecule has 0 amide bonds. The molecule has 1 aromatic heterocycles. The van der Waals surface area contributed by atoms with Crippen molar-refractivity contribution in [2.75, 3.05) is 0 Å². The first-order valence-corrected chi connectivity index (χ1v) is 9.14. The highest BCUT2D eigenvalue weighted by molar-refractivity contribution is 5.62. The zero-order valence-electron chi connectivity index (χ0n) is 15.1. The Morgan fingerprint density at radius 2 is 1.83 bits per heavy atom. The molecule has 1 aliphatic carbocycles. The molecule has 3 rings (SSSR count). The smallest absolute Gasteiger partial charge is 0.201 e. The molecule has 0 atom stereocenters. The van der Waals surface area contributed by atoms with Crippen molar-refractivity contribution >= 4 is 0 Å². The second kappa shape index (κ2) is 6.86. The summed E-state index contributed by atoms with van der Waals surface area (Å²) >= 11 is 0. The number of aryl methyl sites for hydroxylation is 2. The van der Waals surface area contributed by atoms with Gasteiger partial charge in [-0.1, -0.05) is 38.8 Å². The Kier molecular flexibility index (Phi) is 4.84. The van der Waals surface area contributed by atoms with Gasteiger partial charge in [-0.05, 0) is 60.8 Å². The summed E-state index contributed by atoms with van der Waals surface area (Å²) in [5.41, 5.74) is 7.10. The van der Waals surface area contributed by atoms with Crippen molar-refractivity contribution < 1.29 is 4.57 Å². The molecule has 0 unspecified atom stereocenters. The Bertz CT molecular complexity index is 678. The van der Waals surface area contributed by atoms with Crippen LogP contribution in [0, 0.1) is 12.8 Å². The van der Waals surface area contributed by atoms with Gasteiger partial charge in [0.1, 0.15) is 7.05 Å². The van der Waals surface area contributed by atoms with Crippen LogP contribution in [0.15, 0.2) is 36.5 Å². The van der Waals surface area contributed by atoms with Gasteiger partial charge in [-0.25, -0.2) is 4.57 Å². The Balaban J connectivity index is 1.95. The van der Waals surface area contributed by atoms with Gasteiger partial charge in [-0.15, -0.1) is 0 Å². The van der Waals surface area contributed by atoms with Crippen LogP contribution in [0.25, 0.3) is 11.3 Å². The van der Waals surface area contributed by atoms with Gasteiger partial charge in [0.2, 0.25) is 5.69 Å². The first kappa shape index (κ1) is 16.2. The summed E-state index contributed by atoms with van der Waals surface area (Å²) in [4.78, 5) is 0. The summed E-state index contributed by atoms with van der Waals surface area (Å²) < 4.78 is 2.27. The van der Waals surface area contributed by atoms with Gasteiger partial charge in [0.05, 0.1) is 0 Å². The van der Waals surface area contributed by atoms with Gasteiger partial charge < -0.3 is 0 Å². The van der Waals surface area contributed by atoms with E-state index in [1.165, 1.54) is 53.6 Å². The lowest BCUT2D eigenvalue weighted by atomic mass is 9.94. The van der Waals surface area contributed by atoms with E-state index >= 15 is 0 Å². The van der Waals surface area contributed by atoms with Gasteiger partial charge in [-0.3, -0.25) is 0 Å². The molecule has 1 heteroatoms. The number of hydrogen-bond donors (Lipinski definition) is 0. The third kappa shape index (κ3) is 3.65. The number of nitrogens with zero attached hydrogens (tertiary/aromatic N) is 1. The lowest BCUT2D eigenvalue weighted by molar-refractivity contribution is -0.660. The number of aromatic nitrogens is 1. The van der Waals surface area contributed by atoms with Crippen LogP contribution in [-0.2, 0) is 13.5 Å². The minimum absolute atomic E-state index is 0.710. The summed E-state index contributed by atoms with van der Waals surface area (Å²) in [6.07, 6.45) is 8.91. The fourth-order valence-corrected chi connectivity index (χ4v) is 3.98. The summed E-state index contributed by atoms with van der Waals surface area (Å²) in [5, 5.41) is 0. The second-order valence-electron chi connectivity index (χ2n) is 7.68. The molecule has 1 heterocycles. The van der Waals surface area contributed by atoms with E-state index in [1.807, 2.05) is 0 Å². The highest BCUT2D eigenvalue weighted by atomic mass is 14.9. The van der Waals surface area contributed by atoms with E-state index in [1.54, 1.807) is 0 Å². The van der Waals surface area contributed by atoms with Crippen molar-refractivity contribution in [2.45, 2.75) is 58.8 Å². The standard InChI is InChI=1S/C22H30N/c1-16(2)13-18-9-10-21(17(3)14-18)22-15-20(11-12-23(22)4)19-7-5-6-8-19/h9-12,14-16,19H,5-8,13H2,1-4H3/q+1. The molecule has 0 aliphatic heterocycles. The average Bonchev–Trinajstić information content (AvgIpc) is 3.02. The lowest BCUT2D eigenvalue weighted by Gasteiger charge is -2.12. The quantitative estimate of drug-likeness (QED) is 0.671. The van der Waals surface area contributed by atoms with Gasteiger partial charge in [-0.2, -0.15) is 0 Å². The normalized spacial score (nSPS) is 15.5. The molecule has 0 saturated heterocycles. The summed E-state index contributed by atoms with van der Waals surface area (Å²) in [6.45, 7) is 6.82. The molecule has 2 aromatic rings. The fourth-order valence-electron chi connectivity index (χ4n) is 3.98. The van der Waals surface area contributed by atoms with Crippen molar-refractivity contribution in [1.82, 2.24) is 0 Å². The molecule has 0 spiro atoms. The molecule has 1 saturated carbocycles. The zero-order chi connectivity index (χ0) is 16.4. The van der Waals surface area contributed by atoms with E-state index in [-0.39, 0.29) is 0 Å². The van der Waals surface area contributed by atoms with Crippen LogP contribution in [0.4, 0.5) is 0 Å². The first-order chi connectivity index (χ1) is 11.0. The topological polar surface area (TPSA) is 3.88 Å². The fraction of sp³-hybridized carbons (Fsp3) is 0.500. The summed E-state index contributed by atoms with van der Waals surface area (Å²) in [6, 6.07) is 11.8. The monoisotopic (exact) mass is 308 g/mol. The largest absolute Gasteiger partial charge is 0.212 e. The molecular formula is C22H30N+. The van der Waals surface area contributed by atoms with E-state index in [2.05, 4.69) is 68.9 Å². The molecule has 23 heavy (non-hydrogen) atoms. The minimum Gasteiger partial charge on any atom is -0.201 e. The molecule has 1 aliphatic rings. The summed E-state index contributed by atoms with van der Waals surface area (Å²) in [5.74, 6) is 1.48. The maximum Gasteiger partial charge on any atom is 0.212 e. The molecule has 0 N–H and O–H groups in total. The lowest BCUT2D eigenvalue weighted by Crippen LogP contribution is -2.31. The van der Waals surface area contributed by atoms with Gasteiger partial charge in [0.25, 0.3) is 0 Å². The van der Waals surface area contributed by atoms with Crippen molar-refractivity contribution in [3.63, 3.8) is 0 Å². The maximum absolute atomic E-state index is 2.43. The van der Waals surface area contributed by atoms with Crippen molar-refractivity contribution in [1.29, 1.82) is 0 Å². The van der Waals surface area contributed by atoms with E-state index in [0.29, 0.717) is 5.92 Å². The Morgan fingerprint density at radius 1 is 1.09 bits per heavy atom. The maximum atomic E-state index is 2.43. The van der Waals surface area contributed by atoms with E-state index < -0.39 is 0 Å². The highest BCUT2D eigenvalue weighted by Gasteiger charge is 2.21. The average molecular weight is 308 g/mol. The molecule has 0 bridgehead atoms. The molecule has 0 radical (unpaired) electrons. The van der Waals surface area contributed by atoms with Gasteiger partial charge in [0.15, 0.2) is 6.20 Å². The Morgan fingerprint density at radius 3 is 2.48 bits per heavy atom. The van der Waals surface area contributed by atoms with E-state index in [0.717, 1.165) is 12.3 Å². The molecule has 1 nitrogen and oxygen atoms in total. The Labute approximate surface area is 141 Å². The van der Waals surface area contributed by atoms with Crippen LogP contribution in [0.3, 0.4) is 0 Å². The third-order valence-corrected chi connectivity index (χ3v) is 5.21. The van der Waals surface area contributed by atoms with Crippen molar-refractivity contribution in [3.8, 4) is 11.3 Å². The number of hydrogen-bond acceptors (Lipinski definition) is 0. The predicted molar refractivity (Wildman–Crippen MR) is 97.5 cm³/mol. The number of pyridine rings is 1. The van der Waals surface area contributed by atoms with Gasteiger partial charge >= 0.3 is 0 Å². The van der Waals surface area contributed by atoms with Crippen molar-refractivity contribution in [2.24, 2.45) is 13.0 Å². The van der Waals surface area contributed by atoms with Crippen LogP contribution in [0.1, 0.15) is 62.1 Å². The molecule has 1 aromatic carbocycles. The minimum atomic E-state index is 0.710. The SMILES string of the molecule is Cc1cc(CC(C)C)ccc1-c1cc(C2CCCC2)cc[n+]1C. The second-order valence-corrected chi connectivity index (χ2v) is 7.68. The predicted octanol–water partition coefficient (Wildman–Crippen LogP) is 5.34. The van der Waals surface area contributed by atoms with E-state index in [4.69, 9.17) is 0 Å². The molecule has 1 fully saturated rings. The van der Waals surface area contributed by atoms with Crippen LogP contribution >= 0.6 is 0 Å². The molecular weight excluding hydrogens is 278 g/mol. The number of rotatable bonds is 4. The van der Waals surface area contributed by atoms with Crippen LogP contribution < -0.4 is 4.57 Å². The first-order valence-electron chi connectivity index (χ1n) is 9.14. The van der Waals surface area contributed by atoms with Crippen LogP contribution in [-0.4, -0.2) is 0 Å². The highest BCUT2D eigenvalue weighted by Crippen LogP contribution is 2.35. The Hall–Kier alpha value is -1.63.